The second kappa shape index (κ2) is 6.86. The van der Waals surface area contributed by atoms with Gasteiger partial charge in [-0.1, -0.05) is 20.8 Å². The van der Waals surface area contributed by atoms with Crippen molar-refractivity contribution in [1.29, 1.82) is 0 Å². The predicted octanol–water partition coefficient (Wildman–Crippen LogP) is 2.40. The molecule has 134 valence electrons. The Kier molecular flexibility index (Phi) is 4.79. The van der Waals surface area contributed by atoms with Gasteiger partial charge in [0.25, 0.3) is 5.91 Å². The lowest BCUT2D eigenvalue weighted by Crippen LogP contribution is -2.60. The van der Waals surface area contributed by atoms with Gasteiger partial charge in [0.1, 0.15) is 0 Å². The lowest BCUT2D eigenvalue weighted by atomic mass is 9.58. The van der Waals surface area contributed by atoms with Gasteiger partial charge in [-0.2, -0.15) is 5.10 Å². The fraction of sp³-hybridized carbons (Fsp3) is 0.526. The van der Waals surface area contributed by atoms with E-state index in [1.165, 1.54) is 0 Å². The fourth-order valence-corrected chi connectivity index (χ4v) is 3.54. The summed E-state index contributed by atoms with van der Waals surface area (Å²) >= 11 is 0. The first-order valence-corrected chi connectivity index (χ1v) is 8.93. The summed E-state index contributed by atoms with van der Waals surface area (Å²) in [5.41, 5.74) is 1.40. The maximum Gasteiger partial charge on any atom is 0.253 e. The summed E-state index contributed by atoms with van der Waals surface area (Å²) in [7, 11) is 0. The highest BCUT2D eigenvalue weighted by atomic mass is 16.2. The minimum Gasteiger partial charge on any atom is -0.356 e. The van der Waals surface area contributed by atoms with Gasteiger partial charge in [-0.05, 0) is 42.4 Å². The molecule has 1 aliphatic carbocycles. The van der Waals surface area contributed by atoms with Crippen LogP contribution in [-0.4, -0.2) is 34.0 Å². The zero-order valence-electron chi connectivity index (χ0n) is 15.1. The SMILES string of the molecule is CCCC(=O)NCC1CC(NC(=O)c2cccn3nccc23)C1(C)C. The van der Waals surface area contributed by atoms with Crippen molar-refractivity contribution in [2.24, 2.45) is 11.3 Å². The minimum atomic E-state index is -0.0716. The summed E-state index contributed by atoms with van der Waals surface area (Å²) in [6.45, 7) is 6.98. The molecule has 6 nitrogen and oxygen atoms in total. The zero-order valence-corrected chi connectivity index (χ0v) is 15.1. The number of aromatic nitrogens is 2. The summed E-state index contributed by atoms with van der Waals surface area (Å²) in [5.74, 6) is 0.417. The highest BCUT2D eigenvalue weighted by Crippen LogP contribution is 2.46. The number of carbonyl (C=O) groups excluding carboxylic acids is 2. The molecule has 2 heterocycles. The standard InChI is InChI=1S/C19H26N4O2/c1-4-6-17(24)20-12-13-11-16(19(13,2)3)22-18(25)14-7-5-10-23-15(14)8-9-21-23/h5,7-10,13,16H,4,6,11-12H2,1-3H3,(H,20,24)(H,22,25). The van der Waals surface area contributed by atoms with Crippen molar-refractivity contribution in [2.45, 2.75) is 46.1 Å². The molecule has 25 heavy (non-hydrogen) atoms. The van der Waals surface area contributed by atoms with E-state index in [2.05, 4.69) is 29.6 Å². The molecule has 0 aromatic carbocycles. The third-order valence-corrected chi connectivity index (χ3v) is 5.48. The highest BCUT2D eigenvalue weighted by molar-refractivity contribution is 6.00. The van der Waals surface area contributed by atoms with Gasteiger partial charge < -0.3 is 10.6 Å². The molecule has 0 spiro atoms. The minimum absolute atomic E-state index is 0.0412. The lowest BCUT2D eigenvalue weighted by molar-refractivity contribution is -0.122. The van der Waals surface area contributed by atoms with Crippen LogP contribution in [0.15, 0.2) is 30.6 Å². The first-order chi connectivity index (χ1) is 11.9. The number of fused-ring (bicyclic) bond motifs is 1. The summed E-state index contributed by atoms with van der Waals surface area (Å²) in [6.07, 6.45) is 5.83. The molecule has 0 saturated heterocycles. The molecule has 2 aromatic rings. The Bertz CT molecular complexity index is 781. The average Bonchev–Trinajstić information content (AvgIpc) is 3.06. The quantitative estimate of drug-likeness (QED) is 0.846. The largest absolute Gasteiger partial charge is 0.356 e. The Morgan fingerprint density at radius 2 is 2.16 bits per heavy atom. The third kappa shape index (κ3) is 3.38. The van der Waals surface area contributed by atoms with E-state index < -0.39 is 0 Å². The molecular formula is C19H26N4O2. The van der Waals surface area contributed by atoms with Crippen LogP contribution < -0.4 is 10.6 Å². The van der Waals surface area contributed by atoms with Crippen LogP contribution in [0, 0.1) is 11.3 Å². The number of hydrogen-bond donors (Lipinski definition) is 2. The van der Waals surface area contributed by atoms with Crippen LogP contribution in [0.1, 0.15) is 50.4 Å². The normalized spacial score (nSPS) is 21.6. The second-order valence-corrected chi connectivity index (χ2v) is 7.42. The Hall–Kier alpha value is -2.37. The van der Waals surface area contributed by atoms with Gasteiger partial charge in [0.05, 0.1) is 17.3 Å². The van der Waals surface area contributed by atoms with Crippen LogP contribution in [0.2, 0.25) is 0 Å². The van der Waals surface area contributed by atoms with Crippen molar-refractivity contribution in [3.8, 4) is 0 Å². The van der Waals surface area contributed by atoms with Crippen molar-refractivity contribution >= 4 is 17.3 Å². The lowest BCUT2D eigenvalue weighted by Gasteiger charge is -2.52. The number of nitrogens with one attached hydrogen (secondary N) is 2. The van der Waals surface area contributed by atoms with Crippen LogP contribution in [-0.2, 0) is 4.79 Å². The van der Waals surface area contributed by atoms with Gasteiger partial charge in [0.15, 0.2) is 0 Å². The Morgan fingerprint density at radius 3 is 2.88 bits per heavy atom. The van der Waals surface area contributed by atoms with E-state index in [9.17, 15) is 9.59 Å². The summed E-state index contributed by atoms with van der Waals surface area (Å²) in [5, 5.41) is 10.3. The van der Waals surface area contributed by atoms with Crippen LogP contribution in [0.4, 0.5) is 0 Å². The number of nitrogens with zero attached hydrogens (tertiary/aromatic N) is 2. The number of carbonyl (C=O) groups is 2. The first-order valence-electron chi connectivity index (χ1n) is 8.93. The maximum atomic E-state index is 12.7. The van der Waals surface area contributed by atoms with Crippen molar-refractivity contribution in [3.05, 3.63) is 36.2 Å². The molecule has 2 atom stereocenters. The van der Waals surface area contributed by atoms with Crippen LogP contribution in [0.5, 0.6) is 0 Å². The van der Waals surface area contributed by atoms with Gasteiger partial charge >= 0.3 is 0 Å². The Balaban J connectivity index is 1.60. The topological polar surface area (TPSA) is 75.5 Å². The second-order valence-electron chi connectivity index (χ2n) is 7.42. The Labute approximate surface area is 148 Å². The van der Waals surface area contributed by atoms with E-state index in [0.29, 0.717) is 24.4 Å². The first kappa shape index (κ1) is 17.5. The van der Waals surface area contributed by atoms with Crippen molar-refractivity contribution in [3.63, 3.8) is 0 Å². The molecule has 1 fully saturated rings. The molecule has 0 bridgehead atoms. The van der Waals surface area contributed by atoms with Crippen molar-refractivity contribution in [2.75, 3.05) is 6.54 Å². The van der Waals surface area contributed by atoms with Gasteiger partial charge in [-0.3, -0.25) is 9.59 Å². The molecule has 1 aliphatic rings. The molecular weight excluding hydrogens is 316 g/mol. The number of amides is 2. The van der Waals surface area contributed by atoms with Crippen molar-refractivity contribution in [1.82, 2.24) is 20.2 Å². The predicted molar refractivity (Wildman–Crippen MR) is 96.3 cm³/mol. The third-order valence-electron chi connectivity index (χ3n) is 5.48. The molecule has 3 rings (SSSR count). The molecule has 0 aliphatic heterocycles. The average molecular weight is 342 g/mol. The monoisotopic (exact) mass is 342 g/mol. The van der Waals surface area contributed by atoms with E-state index in [4.69, 9.17) is 0 Å². The van der Waals surface area contributed by atoms with Crippen LogP contribution in [0.25, 0.3) is 5.52 Å². The van der Waals surface area contributed by atoms with E-state index >= 15 is 0 Å². The summed E-state index contributed by atoms with van der Waals surface area (Å²) in [6, 6.07) is 5.59. The van der Waals surface area contributed by atoms with Crippen molar-refractivity contribution < 1.29 is 9.59 Å². The van der Waals surface area contributed by atoms with E-state index in [0.717, 1.165) is 18.4 Å². The number of pyridine rings is 1. The summed E-state index contributed by atoms with van der Waals surface area (Å²) in [4.78, 5) is 24.3. The molecule has 2 N–H and O–H groups in total. The number of hydrogen-bond acceptors (Lipinski definition) is 3. The van der Waals surface area contributed by atoms with E-state index in [-0.39, 0.29) is 23.3 Å². The van der Waals surface area contributed by atoms with Crippen LogP contribution >= 0.6 is 0 Å². The van der Waals surface area contributed by atoms with Gasteiger partial charge in [0.2, 0.25) is 5.91 Å². The Morgan fingerprint density at radius 1 is 1.36 bits per heavy atom. The summed E-state index contributed by atoms with van der Waals surface area (Å²) < 4.78 is 1.70. The maximum absolute atomic E-state index is 12.7. The molecule has 2 unspecified atom stereocenters. The molecule has 2 aromatic heterocycles. The molecule has 0 radical (unpaired) electrons. The molecule has 2 amide bonds. The van der Waals surface area contributed by atoms with Gasteiger partial charge in [-0.15, -0.1) is 0 Å². The van der Waals surface area contributed by atoms with E-state index in [1.54, 1.807) is 10.7 Å². The van der Waals surface area contributed by atoms with Crippen LogP contribution in [0.3, 0.4) is 0 Å². The highest BCUT2D eigenvalue weighted by Gasteiger charge is 2.48. The zero-order chi connectivity index (χ0) is 18.0. The fourth-order valence-electron chi connectivity index (χ4n) is 3.54. The van der Waals surface area contributed by atoms with Gasteiger partial charge in [0, 0.05) is 25.2 Å². The number of rotatable bonds is 6. The van der Waals surface area contributed by atoms with Gasteiger partial charge in [-0.25, -0.2) is 4.52 Å². The van der Waals surface area contributed by atoms with E-state index in [1.807, 2.05) is 31.3 Å². The molecule has 1 saturated carbocycles. The molecule has 6 heteroatoms. The smallest absolute Gasteiger partial charge is 0.253 e.